The molecule has 1 aromatic rings. The highest BCUT2D eigenvalue weighted by atomic mass is 35.5. The Kier molecular flexibility index (Phi) is 4.89. The zero-order chi connectivity index (χ0) is 14.6. The molecule has 1 N–H and O–H groups in total. The molecule has 0 aromatic carbocycles. The molecule has 1 rings (SSSR count). The van der Waals surface area contributed by atoms with Gasteiger partial charge in [0.25, 0.3) is 5.91 Å². The number of nitrogens with one attached hydrogen (secondary N) is 1. The van der Waals surface area contributed by atoms with E-state index in [-0.39, 0.29) is 10.7 Å². The highest BCUT2D eigenvalue weighted by molar-refractivity contribution is 6.32. The van der Waals surface area contributed by atoms with Gasteiger partial charge in [0.2, 0.25) is 0 Å². The molecular weight excluding hydrogens is 268 g/mol. The van der Waals surface area contributed by atoms with Crippen LogP contribution in [0.1, 0.15) is 38.1 Å². The number of nitrogens with zero attached hydrogens (tertiary/aromatic N) is 1. The zero-order valence-corrected chi connectivity index (χ0v) is 12.1. The number of amides is 1. The SMILES string of the molecule is C[C@H](NC(=O)c1cccnc1Cl)C(=O)OC(C)(C)C. The van der Waals surface area contributed by atoms with Crippen molar-refractivity contribution in [3.05, 3.63) is 29.0 Å². The van der Waals surface area contributed by atoms with Gasteiger partial charge in [-0.3, -0.25) is 4.79 Å². The first-order chi connectivity index (χ1) is 8.70. The monoisotopic (exact) mass is 284 g/mol. The minimum absolute atomic E-state index is 0.0939. The Morgan fingerprint density at radius 3 is 2.58 bits per heavy atom. The molecule has 0 aliphatic heterocycles. The van der Waals surface area contributed by atoms with Gasteiger partial charge in [0.05, 0.1) is 5.56 Å². The Morgan fingerprint density at radius 2 is 2.05 bits per heavy atom. The van der Waals surface area contributed by atoms with Gasteiger partial charge in [0.1, 0.15) is 16.8 Å². The van der Waals surface area contributed by atoms with E-state index in [1.165, 1.54) is 12.3 Å². The summed E-state index contributed by atoms with van der Waals surface area (Å²) in [5, 5.41) is 2.62. The molecule has 1 atom stereocenters. The van der Waals surface area contributed by atoms with Gasteiger partial charge in [-0.25, -0.2) is 9.78 Å². The van der Waals surface area contributed by atoms with Crippen molar-refractivity contribution in [2.24, 2.45) is 0 Å². The molecule has 0 aliphatic carbocycles. The molecule has 0 saturated heterocycles. The summed E-state index contributed by atoms with van der Waals surface area (Å²) in [7, 11) is 0. The number of hydrogen-bond acceptors (Lipinski definition) is 4. The standard InChI is InChI=1S/C13H17ClN2O3/c1-8(12(18)19-13(2,3)4)16-11(17)9-6-5-7-15-10(9)14/h5-8H,1-4H3,(H,16,17)/t8-/m0/s1. The predicted molar refractivity (Wildman–Crippen MR) is 72.0 cm³/mol. The summed E-state index contributed by atoms with van der Waals surface area (Å²) in [4.78, 5) is 27.4. The first-order valence-electron chi connectivity index (χ1n) is 5.85. The molecule has 6 heteroatoms. The van der Waals surface area contributed by atoms with Crippen LogP contribution in [0, 0.1) is 0 Å². The van der Waals surface area contributed by atoms with Crippen molar-refractivity contribution in [3.8, 4) is 0 Å². The summed E-state index contributed by atoms with van der Waals surface area (Å²) in [6, 6.07) is 2.37. The fourth-order valence-corrected chi connectivity index (χ4v) is 1.48. The van der Waals surface area contributed by atoms with Crippen molar-refractivity contribution in [1.82, 2.24) is 10.3 Å². The topological polar surface area (TPSA) is 68.3 Å². The average molecular weight is 285 g/mol. The van der Waals surface area contributed by atoms with Crippen LogP contribution in [-0.2, 0) is 9.53 Å². The number of halogens is 1. The predicted octanol–water partition coefficient (Wildman–Crippen LogP) is 2.20. The Bertz CT molecular complexity index is 483. The Balaban J connectivity index is 2.67. The Hall–Kier alpha value is -1.62. The van der Waals surface area contributed by atoms with E-state index in [1.807, 2.05) is 0 Å². The van der Waals surface area contributed by atoms with E-state index in [0.29, 0.717) is 0 Å². The van der Waals surface area contributed by atoms with Crippen LogP contribution in [0.3, 0.4) is 0 Å². The van der Waals surface area contributed by atoms with Crippen molar-refractivity contribution < 1.29 is 14.3 Å². The summed E-state index contributed by atoms with van der Waals surface area (Å²) in [6.45, 7) is 6.84. The number of esters is 1. The molecule has 19 heavy (non-hydrogen) atoms. The van der Waals surface area contributed by atoms with Crippen molar-refractivity contribution in [1.29, 1.82) is 0 Å². The number of ether oxygens (including phenoxy) is 1. The number of hydrogen-bond donors (Lipinski definition) is 1. The molecule has 1 heterocycles. The van der Waals surface area contributed by atoms with Gasteiger partial charge < -0.3 is 10.1 Å². The molecular formula is C13H17ClN2O3. The van der Waals surface area contributed by atoms with Gasteiger partial charge in [0, 0.05) is 6.20 Å². The van der Waals surface area contributed by atoms with E-state index < -0.39 is 23.5 Å². The van der Waals surface area contributed by atoms with Gasteiger partial charge in [-0.15, -0.1) is 0 Å². The fourth-order valence-electron chi connectivity index (χ4n) is 1.28. The van der Waals surface area contributed by atoms with Crippen LogP contribution in [0.25, 0.3) is 0 Å². The minimum Gasteiger partial charge on any atom is -0.458 e. The normalized spacial score (nSPS) is 12.7. The van der Waals surface area contributed by atoms with Crippen molar-refractivity contribution in [2.75, 3.05) is 0 Å². The Morgan fingerprint density at radius 1 is 1.42 bits per heavy atom. The van der Waals surface area contributed by atoms with Crippen molar-refractivity contribution in [2.45, 2.75) is 39.3 Å². The molecule has 1 aromatic heterocycles. The summed E-state index contributed by atoms with van der Waals surface area (Å²) < 4.78 is 5.16. The second kappa shape index (κ2) is 6.02. The van der Waals surface area contributed by atoms with Crippen LogP contribution in [0.5, 0.6) is 0 Å². The van der Waals surface area contributed by atoms with Crippen molar-refractivity contribution >= 4 is 23.5 Å². The fraction of sp³-hybridized carbons (Fsp3) is 0.462. The van der Waals surface area contributed by atoms with Crippen LogP contribution in [0.2, 0.25) is 5.15 Å². The third kappa shape index (κ3) is 4.87. The van der Waals surface area contributed by atoms with Gasteiger partial charge >= 0.3 is 5.97 Å². The van der Waals surface area contributed by atoms with E-state index in [4.69, 9.17) is 16.3 Å². The van der Waals surface area contributed by atoms with Crippen molar-refractivity contribution in [3.63, 3.8) is 0 Å². The van der Waals surface area contributed by atoms with E-state index in [2.05, 4.69) is 10.3 Å². The molecule has 104 valence electrons. The van der Waals surface area contributed by atoms with Crippen LogP contribution >= 0.6 is 11.6 Å². The van der Waals surface area contributed by atoms with Gasteiger partial charge in [-0.1, -0.05) is 11.6 Å². The summed E-state index contributed by atoms with van der Waals surface area (Å²) in [5.41, 5.74) is -0.373. The maximum absolute atomic E-state index is 11.9. The number of rotatable bonds is 3. The Labute approximate surface area is 117 Å². The van der Waals surface area contributed by atoms with Gasteiger partial charge in [-0.05, 0) is 39.8 Å². The van der Waals surface area contributed by atoms with Crippen LogP contribution in [-0.4, -0.2) is 28.5 Å². The lowest BCUT2D eigenvalue weighted by molar-refractivity contribution is -0.156. The quantitative estimate of drug-likeness (QED) is 0.682. The van der Waals surface area contributed by atoms with E-state index in [0.717, 1.165) is 0 Å². The summed E-state index contributed by atoms with van der Waals surface area (Å²) >= 11 is 5.80. The number of carbonyl (C=O) groups is 2. The van der Waals surface area contributed by atoms with Crippen LogP contribution in [0.4, 0.5) is 0 Å². The largest absolute Gasteiger partial charge is 0.458 e. The molecule has 0 unspecified atom stereocenters. The van der Waals surface area contributed by atoms with Crippen LogP contribution in [0.15, 0.2) is 18.3 Å². The third-order valence-electron chi connectivity index (χ3n) is 2.11. The second-order valence-electron chi connectivity index (χ2n) is 5.07. The second-order valence-corrected chi connectivity index (χ2v) is 5.43. The van der Waals surface area contributed by atoms with Crippen LogP contribution < -0.4 is 5.32 Å². The molecule has 5 nitrogen and oxygen atoms in total. The molecule has 1 amide bonds. The first kappa shape index (κ1) is 15.4. The number of pyridine rings is 1. The minimum atomic E-state index is -0.761. The summed E-state index contributed by atoms with van der Waals surface area (Å²) in [5.74, 6) is -0.961. The summed E-state index contributed by atoms with van der Waals surface area (Å²) in [6.07, 6.45) is 1.48. The maximum atomic E-state index is 11.9. The molecule has 0 aliphatic rings. The number of aromatic nitrogens is 1. The van der Waals surface area contributed by atoms with E-state index >= 15 is 0 Å². The van der Waals surface area contributed by atoms with E-state index in [1.54, 1.807) is 33.8 Å². The molecule has 0 saturated carbocycles. The smallest absolute Gasteiger partial charge is 0.328 e. The average Bonchev–Trinajstić information content (AvgIpc) is 2.27. The highest BCUT2D eigenvalue weighted by Gasteiger charge is 2.24. The van der Waals surface area contributed by atoms with Gasteiger partial charge in [0.15, 0.2) is 0 Å². The first-order valence-corrected chi connectivity index (χ1v) is 6.23. The number of carbonyl (C=O) groups excluding carboxylic acids is 2. The molecule has 0 bridgehead atoms. The third-order valence-corrected chi connectivity index (χ3v) is 2.41. The zero-order valence-electron chi connectivity index (χ0n) is 11.4. The highest BCUT2D eigenvalue weighted by Crippen LogP contribution is 2.12. The maximum Gasteiger partial charge on any atom is 0.328 e. The molecule has 0 fully saturated rings. The lowest BCUT2D eigenvalue weighted by Crippen LogP contribution is -2.42. The molecule has 0 spiro atoms. The lowest BCUT2D eigenvalue weighted by atomic mass is 10.2. The van der Waals surface area contributed by atoms with E-state index in [9.17, 15) is 9.59 Å². The lowest BCUT2D eigenvalue weighted by Gasteiger charge is -2.22. The molecule has 0 radical (unpaired) electrons. The van der Waals surface area contributed by atoms with Gasteiger partial charge in [-0.2, -0.15) is 0 Å².